The Morgan fingerprint density at radius 1 is 1.08 bits per heavy atom. The third-order valence-corrected chi connectivity index (χ3v) is 7.77. The molecule has 1 saturated heterocycles. The summed E-state index contributed by atoms with van der Waals surface area (Å²) in [7, 11) is 1.64. The van der Waals surface area contributed by atoms with Crippen LogP contribution in [0.2, 0.25) is 5.02 Å². The van der Waals surface area contributed by atoms with Gasteiger partial charge in [-0.15, -0.1) is 0 Å². The van der Waals surface area contributed by atoms with Crippen molar-refractivity contribution in [1.29, 1.82) is 0 Å². The SMILES string of the molecule is COc1ccc(CCNC(=O)[C@H]2Cc3cc([N+](=O)[O-])ccc3N3CCN(Cc4ccc(Cl)cc4)C[C@@H]23)cc1. The Labute approximate surface area is 227 Å². The van der Waals surface area contributed by atoms with Gasteiger partial charge in [-0.25, -0.2) is 0 Å². The molecule has 0 radical (unpaired) electrons. The Morgan fingerprint density at radius 2 is 1.82 bits per heavy atom. The Morgan fingerprint density at radius 3 is 2.53 bits per heavy atom. The van der Waals surface area contributed by atoms with Crippen molar-refractivity contribution < 1.29 is 14.5 Å². The molecule has 0 aliphatic carbocycles. The average molecular weight is 535 g/mol. The standard InChI is InChI=1S/C29H31ClN4O4/c1-38-25-9-4-20(5-10-25)12-13-31-29(35)26-17-22-16-24(34(36)37)8-11-27(22)33-15-14-32(19-28(26)33)18-21-2-6-23(30)7-3-21/h2-11,16,26,28H,12-15,17-19H2,1H3,(H,31,35)/t26-,28-/m0/s1. The largest absolute Gasteiger partial charge is 0.497 e. The predicted molar refractivity (Wildman–Crippen MR) is 148 cm³/mol. The van der Waals surface area contributed by atoms with E-state index in [4.69, 9.17) is 16.3 Å². The number of carbonyl (C=O) groups excluding carboxylic acids is 1. The number of methoxy groups -OCH3 is 1. The van der Waals surface area contributed by atoms with Gasteiger partial charge in [-0.1, -0.05) is 35.9 Å². The van der Waals surface area contributed by atoms with Crippen molar-refractivity contribution in [2.75, 3.05) is 38.2 Å². The molecule has 1 amide bonds. The lowest BCUT2D eigenvalue weighted by atomic mass is 9.83. The molecule has 5 rings (SSSR count). The molecule has 38 heavy (non-hydrogen) atoms. The summed E-state index contributed by atoms with van der Waals surface area (Å²) in [6, 6.07) is 20.7. The van der Waals surface area contributed by atoms with E-state index >= 15 is 0 Å². The first-order chi connectivity index (χ1) is 18.4. The number of piperazine rings is 1. The number of amides is 1. The van der Waals surface area contributed by atoms with Crippen LogP contribution in [0, 0.1) is 16.0 Å². The van der Waals surface area contributed by atoms with Crippen LogP contribution in [0.25, 0.3) is 0 Å². The topological polar surface area (TPSA) is 87.9 Å². The lowest BCUT2D eigenvalue weighted by Crippen LogP contribution is -2.61. The summed E-state index contributed by atoms with van der Waals surface area (Å²) in [5.41, 5.74) is 4.20. The van der Waals surface area contributed by atoms with Gasteiger partial charge < -0.3 is 15.0 Å². The Balaban J connectivity index is 1.32. The van der Waals surface area contributed by atoms with Gasteiger partial charge >= 0.3 is 0 Å². The van der Waals surface area contributed by atoms with Gasteiger partial charge in [0.25, 0.3) is 5.69 Å². The maximum absolute atomic E-state index is 13.5. The normalized spacial score (nSPS) is 18.8. The van der Waals surface area contributed by atoms with E-state index in [1.54, 1.807) is 19.2 Å². The van der Waals surface area contributed by atoms with Crippen LogP contribution in [0.5, 0.6) is 5.75 Å². The summed E-state index contributed by atoms with van der Waals surface area (Å²) in [6.45, 7) is 3.61. The monoisotopic (exact) mass is 534 g/mol. The van der Waals surface area contributed by atoms with Crippen LogP contribution < -0.4 is 15.0 Å². The quantitative estimate of drug-likeness (QED) is 0.339. The molecule has 9 heteroatoms. The smallest absolute Gasteiger partial charge is 0.269 e. The fraction of sp³-hybridized carbons (Fsp3) is 0.345. The number of benzene rings is 3. The lowest BCUT2D eigenvalue weighted by Gasteiger charge is -2.49. The highest BCUT2D eigenvalue weighted by Crippen LogP contribution is 2.38. The molecular formula is C29H31ClN4O4. The number of nitro benzene ring substituents is 1. The Kier molecular flexibility index (Phi) is 7.81. The second-order valence-electron chi connectivity index (χ2n) is 9.89. The van der Waals surface area contributed by atoms with Gasteiger partial charge in [0.1, 0.15) is 5.75 Å². The summed E-state index contributed by atoms with van der Waals surface area (Å²) in [5.74, 6) is 0.473. The maximum atomic E-state index is 13.5. The number of halogens is 1. The van der Waals surface area contributed by atoms with Gasteiger partial charge in [0.15, 0.2) is 0 Å². The fourth-order valence-corrected chi connectivity index (χ4v) is 5.65. The second kappa shape index (κ2) is 11.4. The zero-order valence-corrected chi connectivity index (χ0v) is 22.1. The van der Waals surface area contributed by atoms with Crippen molar-refractivity contribution in [3.05, 3.63) is 98.6 Å². The highest BCUT2D eigenvalue weighted by molar-refractivity contribution is 6.30. The van der Waals surface area contributed by atoms with E-state index in [1.807, 2.05) is 54.6 Å². The highest BCUT2D eigenvalue weighted by atomic mass is 35.5. The van der Waals surface area contributed by atoms with E-state index in [9.17, 15) is 14.9 Å². The fourth-order valence-electron chi connectivity index (χ4n) is 5.53. The van der Waals surface area contributed by atoms with Crippen molar-refractivity contribution in [2.45, 2.75) is 25.4 Å². The molecule has 0 saturated carbocycles. The second-order valence-corrected chi connectivity index (χ2v) is 10.3. The first-order valence-corrected chi connectivity index (χ1v) is 13.2. The molecule has 1 fully saturated rings. The number of nitrogens with zero attached hydrogens (tertiary/aromatic N) is 3. The molecule has 0 spiro atoms. The number of hydrogen-bond donors (Lipinski definition) is 1. The minimum Gasteiger partial charge on any atom is -0.497 e. The summed E-state index contributed by atoms with van der Waals surface area (Å²) in [6.07, 6.45) is 1.18. The van der Waals surface area contributed by atoms with Crippen LogP contribution in [0.3, 0.4) is 0 Å². The Bertz CT molecular complexity index is 1300. The number of rotatable bonds is 8. The van der Waals surface area contributed by atoms with E-state index in [1.165, 1.54) is 5.56 Å². The Hall–Kier alpha value is -3.62. The number of anilines is 1. The third-order valence-electron chi connectivity index (χ3n) is 7.52. The number of nitrogens with one attached hydrogen (secondary N) is 1. The van der Waals surface area contributed by atoms with E-state index in [0.717, 1.165) is 48.7 Å². The van der Waals surface area contributed by atoms with Crippen molar-refractivity contribution in [3.8, 4) is 5.75 Å². The van der Waals surface area contributed by atoms with E-state index in [2.05, 4.69) is 15.1 Å². The van der Waals surface area contributed by atoms with Crippen LogP contribution >= 0.6 is 11.6 Å². The van der Waals surface area contributed by atoms with Gasteiger partial charge in [0.05, 0.1) is 24.0 Å². The lowest BCUT2D eigenvalue weighted by molar-refractivity contribution is -0.384. The molecule has 198 valence electrons. The average Bonchev–Trinajstić information content (AvgIpc) is 2.93. The maximum Gasteiger partial charge on any atom is 0.269 e. The van der Waals surface area contributed by atoms with Crippen LogP contribution in [0.4, 0.5) is 11.4 Å². The molecule has 2 aliphatic rings. The molecule has 8 nitrogen and oxygen atoms in total. The summed E-state index contributed by atoms with van der Waals surface area (Å²) in [5, 5.41) is 15.3. The molecule has 0 bridgehead atoms. The molecular weight excluding hydrogens is 504 g/mol. The third kappa shape index (κ3) is 5.76. The predicted octanol–water partition coefficient (Wildman–Crippen LogP) is 4.48. The van der Waals surface area contributed by atoms with Crippen molar-refractivity contribution in [2.24, 2.45) is 5.92 Å². The molecule has 1 N–H and O–H groups in total. The minimum atomic E-state index is -0.375. The highest BCUT2D eigenvalue weighted by Gasteiger charge is 2.41. The van der Waals surface area contributed by atoms with Crippen LogP contribution in [0.15, 0.2) is 66.7 Å². The summed E-state index contributed by atoms with van der Waals surface area (Å²) in [4.78, 5) is 29.2. The first-order valence-electron chi connectivity index (χ1n) is 12.8. The number of fused-ring (bicyclic) bond motifs is 3. The van der Waals surface area contributed by atoms with Gasteiger partial charge in [0, 0.05) is 55.6 Å². The van der Waals surface area contributed by atoms with Crippen LogP contribution in [-0.4, -0.2) is 55.1 Å². The summed E-state index contributed by atoms with van der Waals surface area (Å²) < 4.78 is 5.22. The molecule has 2 atom stereocenters. The van der Waals surface area contributed by atoms with E-state index in [-0.39, 0.29) is 28.5 Å². The van der Waals surface area contributed by atoms with Crippen LogP contribution in [-0.2, 0) is 24.2 Å². The molecule has 2 heterocycles. The van der Waals surface area contributed by atoms with Crippen molar-refractivity contribution in [3.63, 3.8) is 0 Å². The number of nitro groups is 1. The number of hydrogen-bond acceptors (Lipinski definition) is 6. The molecule has 3 aromatic rings. The summed E-state index contributed by atoms with van der Waals surface area (Å²) >= 11 is 6.06. The number of non-ortho nitro benzene ring substituents is 1. The minimum absolute atomic E-state index is 0.0148. The van der Waals surface area contributed by atoms with Crippen molar-refractivity contribution >= 4 is 28.9 Å². The van der Waals surface area contributed by atoms with Crippen molar-refractivity contribution in [1.82, 2.24) is 10.2 Å². The van der Waals surface area contributed by atoms with Gasteiger partial charge in [-0.3, -0.25) is 19.8 Å². The number of ether oxygens (including phenoxy) is 1. The molecule has 3 aromatic carbocycles. The first kappa shape index (κ1) is 26.0. The molecule has 0 unspecified atom stereocenters. The zero-order valence-electron chi connectivity index (χ0n) is 21.3. The zero-order chi connectivity index (χ0) is 26.6. The van der Waals surface area contributed by atoms with E-state index < -0.39 is 0 Å². The molecule has 0 aromatic heterocycles. The van der Waals surface area contributed by atoms with E-state index in [0.29, 0.717) is 24.4 Å². The molecule has 2 aliphatic heterocycles. The van der Waals surface area contributed by atoms with Gasteiger partial charge in [0.2, 0.25) is 5.91 Å². The van der Waals surface area contributed by atoms with Gasteiger partial charge in [-0.05, 0) is 59.9 Å². The van der Waals surface area contributed by atoms with Crippen LogP contribution in [0.1, 0.15) is 16.7 Å². The van der Waals surface area contributed by atoms with Gasteiger partial charge in [-0.2, -0.15) is 0 Å². The number of carbonyl (C=O) groups is 1.